The number of amides is 1. The van der Waals surface area contributed by atoms with Gasteiger partial charge in [0.1, 0.15) is 5.82 Å². The Balaban J connectivity index is 1.63. The molecule has 6 heteroatoms. The van der Waals surface area contributed by atoms with Gasteiger partial charge in [0.2, 0.25) is 5.91 Å². The molecule has 0 spiro atoms. The van der Waals surface area contributed by atoms with E-state index in [0.29, 0.717) is 48.2 Å². The van der Waals surface area contributed by atoms with E-state index >= 15 is 0 Å². The minimum absolute atomic E-state index is 0.0472. The lowest BCUT2D eigenvalue weighted by Gasteiger charge is -2.35. The van der Waals surface area contributed by atoms with E-state index in [4.69, 9.17) is 0 Å². The zero-order chi connectivity index (χ0) is 19.4. The highest BCUT2D eigenvalue weighted by molar-refractivity contribution is 5.78. The number of benzene rings is 1. The minimum Gasteiger partial charge on any atom is -0.352 e. The summed E-state index contributed by atoms with van der Waals surface area (Å²) in [4.78, 5) is 34.2. The van der Waals surface area contributed by atoms with Crippen molar-refractivity contribution in [3.63, 3.8) is 0 Å². The molecule has 27 heavy (non-hydrogen) atoms. The zero-order valence-electron chi connectivity index (χ0n) is 16.5. The first-order chi connectivity index (χ1) is 13.0. The Morgan fingerprint density at radius 3 is 2.85 bits per heavy atom. The molecule has 0 bridgehead atoms. The maximum Gasteiger partial charge on any atom is 0.258 e. The van der Waals surface area contributed by atoms with Crippen LogP contribution in [0.2, 0.25) is 0 Å². The molecule has 3 atom stereocenters. The number of rotatable bonds is 6. The van der Waals surface area contributed by atoms with Crippen molar-refractivity contribution in [2.45, 2.75) is 52.6 Å². The molecule has 1 aliphatic rings. The number of nitrogens with zero attached hydrogens (tertiary/aromatic N) is 2. The standard InChI is InChI=1S/C21H30N4O2/c1-4-25(13-20(26)23-17-11-7-8-14(2)15(17)3)12-19-22-18-10-6-5-9-16(18)21(27)24-19/h5-6,9-10,14-15,17H,4,7-8,11-13H2,1-3H3,(H,23,26)(H,22,24,27)/t14-,15-,17-/m0/s1. The summed E-state index contributed by atoms with van der Waals surface area (Å²) in [6.45, 7) is 7.97. The molecular formula is C21H30N4O2. The quantitative estimate of drug-likeness (QED) is 0.819. The molecule has 1 aromatic heterocycles. The van der Waals surface area contributed by atoms with Gasteiger partial charge in [-0.2, -0.15) is 0 Å². The average Bonchev–Trinajstić information content (AvgIpc) is 2.65. The van der Waals surface area contributed by atoms with E-state index in [9.17, 15) is 9.59 Å². The lowest BCUT2D eigenvalue weighted by atomic mass is 9.78. The van der Waals surface area contributed by atoms with Gasteiger partial charge in [-0.3, -0.25) is 14.5 Å². The molecule has 0 aliphatic heterocycles. The fourth-order valence-electron chi connectivity index (χ4n) is 3.94. The van der Waals surface area contributed by atoms with E-state index in [1.54, 1.807) is 6.07 Å². The molecule has 0 saturated heterocycles. The van der Waals surface area contributed by atoms with Crippen molar-refractivity contribution in [3.05, 3.63) is 40.4 Å². The summed E-state index contributed by atoms with van der Waals surface area (Å²) in [6.07, 6.45) is 3.48. The van der Waals surface area contributed by atoms with Crippen LogP contribution in [0.4, 0.5) is 0 Å². The number of nitrogens with one attached hydrogen (secondary N) is 2. The van der Waals surface area contributed by atoms with Gasteiger partial charge in [-0.25, -0.2) is 4.98 Å². The number of fused-ring (bicyclic) bond motifs is 1. The number of likely N-dealkylation sites (N-methyl/N-ethyl adjacent to an activating group) is 1. The normalized spacial score (nSPS) is 22.9. The van der Waals surface area contributed by atoms with Gasteiger partial charge in [0.25, 0.3) is 5.56 Å². The number of carbonyl (C=O) groups is 1. The summed E-state index contributed by atoms with van der Waals surface area (Å²) in [5.74, 6) is 1.80. The first kappa shape index (κ1) is 19.5. The van der Waals surface area contributed by atoms with Crippen LogP contribution in [0.5, 0.6) is 0 Å². The summed E-state index contributed by atoms with van der Waals surface area (Å²) in [7, 11) is 0. The van der Waals surface area contributed by atoms with Crippen molar-refractivity contribution in [1.82, 2.24) is 20.2 Å². The van der Waals surface area contributed by atoms with Crippen molar-refractivity contribution in [2.24, 2.45) is 11.8 Å². The number of aromatic nitrogens is 2. The predicted molar refractivity (Wildman–Crippen MR) is 107 cm³/mol. The average molecular weight is 370 g/mol. The Morgan fingerprint density at radius 1 is 1.30 bits per heavy atom. The van der Waals surface area contributed by atoms with Crippen LogP contribution >= 0.6 is 0 Å². The monoisotopic (exact) mass is 370 g/mol. The van der Waals surface area contributed by atoms with Crippen molar-refractivity contribution < 1.29 is 4.79 Å². The van der Waals surface area contributed by atoms with Crippen molar-refractivity contribution in [3.8, 4) is 0 Å². The van der Waals surface area contributed by atoms with E-state index in [-0.39, 0.29) is 17.5 Å². The Morgan fingerprint density at radius 2 is 2.07 bits per heavy atom. The SMILES string of the molecule is CCN(CC(=O)N[C@H]1CCC[C@H](C)[C@@H]1C)Cc1nc2ccccc2c(=O)[nH]1. The van der Waals surface area contributed by atoms with Crippen molar-refractivity contribution >= 4 is 16.8 Å². The predicted octanol–water partition coefficient (Wildman–Crippen LogP) is 2.69. The number of aromatic amines is 1. The maximum absolute atomic E-state index is 12.6. The van der Waals surface area contributed by atoms with Gasteiger partial charge in [0.15, 0.2) is 0 Å². The molecule has 2 aromatic rings. The molecule has 3 rings (SSSR count). The van der Waals surface area contributed by atoms with Crippen LogP contribution in [0.1, 0.15) is 45.9 Å². The Bertz CT molecular complexity index is 847. The molecule has 1 heterocycles. The second-order valence-electron chi connectivity index (χ2n) is 7.77. The van der Waals surface area contributed by atoms with E-state index in [0.717, 1.165) is 6.42 Å². The fourth-order valence-corrected chi connectivity index (χ4v) is 3.94. The van der Waals surface area contributed by atoms with Gasteiger partial charge in [-0.1, -0.05) is 45.7 Å². The molecular weight excluding hydrogens is 340 g/mol. The van der Waals surface area contributed by atoms with Gasteiger partial charge in [-0.15, -0.1) is 0 Å². The van der Waals surface area contributed by atoms with E-state index < -0.39 is 0 Å². The Labute approximate surface area is 160 Å². The Hall–Kier alpha value is -2.21. The molecule has 2 N–H and O–H groups in total. The highest BCUT2D eigenvalue weighted by Crippen LogP contribution is 2.29. The molecule has 1 aliphatic carbocycles. The summed E-state index contributed by atoms with van der Waals surface area (Å²) in [5.41, 5.74) is 0.544. The molecule has 1 amide bonds. The highest BCUT2D eigenvalue weighted by Gasteiger charge is 2.28. The van der Waals surface area contributed by atoms with E-state index in [2.05, 4.69) is 29.1 Å². The van der Waals surface area contributed by atoms with Crippen LogP contribution in [0.15, 0.2) is 29.1 Å². The fraction of sp³-hybridized carbons (Fsp3) is 0.571. The van der Waals surface area contributed by atoms with Gasteiger partial charge in [-0.05, 0) is 36.9 Å². The molecule has 1 fully saturated rings. The molecule has 1 aromatic carbocycles. The van der Waals surface area contributed by atoms with E-state index in [1.807, 2.05) is 30.0 Å². The van der Waals surface area contributed by atoms with Crippen LogP contribution in [0.25, 0.3) is 10.9 Å². The summed E-state index contributed by atoms with van der Waals surface area (Å²) in [6, 6.07) is 7.56. The third-order valence-corrected chi connectivity index (χ3v) is 5.90. The second-order valence-corrected chi connectivity index (χ2v) is 7.77. The van der Waals surface area contributed by atoms with E-state index in [1.165, 1.54) is 12.8 Å². The first-order valence-corrected chi connectivity index (χ1v) is 9.97. The topological polar surface area (TPSA) is 78.1 Å². The largest absolute Gasteiger partial charge is 0.352 e. The highest BCUT2D eigenvalue weighted by atomic mass is 16.2. The van der Waals surface area contributed by atoms with Crippen LogP contribution in [-0.4, -0.2) is 39.9 Å². The molecule has 1 saturated carbocycles. The number of carbonyl (C=O) groups excluding carboxylic acids is 1. The lowest BCUT2D eigenvalue weighted by molar-refractivity contribution is -0.123. The smallest absolute Gasteiger partial charge is 0.258 e. The third-order valence-electron chi connectivity index (χ3n) is 5.90. The van der Waals surface area contributed by atoms with Crippen LogP contribution in [-0.2, 0) is 11.3 Å². The zero-order valence-corrected chi connectivity index (χ0v) is 16.5. The van der Waals surface area contributed by atoms with Gasteiger partial charge < -0.3 is 10.3 Å². The summed E-state index contributed by atoms with van der Waals surface area (Å²) >= 11 is 0. The van der Waals surface area contributed by atoms with Crippen LogP contribution < -0.4 is 10.9 Å². The minimum atomic E-state index is -0.138. The molecule has 0 unspecified atom stereocenters. The maximum atomic E-state index is 12.6. The second kappa shape index (κ2) is 8.65. The summed E-state index contributed by atoms with van der Waals surface area (Å²) < 4.78 is 0. The van der Waals surface area contributed by atoms with Crippen molar-refractivity contribution in [1.29, 1.82) is 0 Å². The lowest BCUT2D eigenvalue weighted by Crippen LogP contribution is -2.47. The number of hydrogen-bond donors (Lipinski definition) is 2. The molecule has 146 valence electrons. The molecule has 0 radical (unpaired) electrons. The Kier molecular flexibility index (Phi) is 6.26. The van der Waals surface area contributed by atoms with Gasteiger partial charge in [0, 0.05) is 6.04 Å². The van der Waals surface area contributed by atoms with Gasteiger partial charge >= 0.3 is 0 Å². The van der Waals surface area contributed by atoms with Gasteiger partial charge in [0.05, 0.1) is 24.0 Å². The van der Waals surface area contributed by atoms with Crippen LogP contribution in [0, 0.1) is 11.8 Å². The summed E-state index contributed by atoms with van der Waals surface area (Å²) in [5, 5.41) is 3.80. The number of para-hydroxylation sites is 1. The third kappa shape index (κ3) is 4.75. The molecule has 6 nitrogen and oxygen atoms in total. The number of H-pyrrole nitrogens is 1. The number of hydrogen-bond acceptors (Lipinski definition) is 4. The first-order valence-electron chi connectivity index (χ1n) is 9.97. The van der Waals surface area contributed by atoms with Crippen molar-refractivity contribution in [2.75, 3.05) is 13.1 Å². The van der Waals surface area contributed by atoms with Crippen LogP contribution in [0.3, 0.4) is 0 Å².